The number of H-pyrrole nitrogens is 1. The van der Waals surface area contributed by atoms with E-state index in [1.165, 1.54) is 6.07 Å². The zero-order valence-corrected chi connectivity index (χ0v) is 8.92. The number of hydrogen-bond acceptors (Lipinski definition) is 3. The maximum absolute atomic E-state index is 11.4. The highest BCUT2D eigenvalue weighted by atomic mass is 16.1. The highest BCUT2D eigenvalue weighted by molar-refractivity contribution is 5.87. The Morgan fingerprint density at radius 2 is 2.00 bits per heavy atom. The first-order valence-electron chi connectivity index (χ1n) is 5.17. The summed E-state index contributed by atoms with van der Waals surface area (Å²) >= 11 is 0. The van der Waals surface area contributed by atoms with Crippen molar-refractivity contribution in [2.45, 2.75) is 0 Å². The highest BCUT2D eigenvalue weighted by Crippen LogP contribution is 2.19. The van der Waals surface area contributed by atoms with Crippen molar-refractivity contribution in [3.8, 4) is 5.69 Å². The van der Waals surface area contributed by atoms with Gasteiger partial charge in [-0.1, -0.05) is 18.2 Å². The van der Waals surface area contributed by atoms with Crippen LogP contribution in [0.25, 0.3) is 16.7 Å². The molecule has 3 rings (SSSR count). The Balaban J connectivity index is 2.36. The Labute approximate surface area is 96.5 Å². The molecule has 0 aliphatic heterocycles. The second kappa shape index (κ2) is 3.48. The van der Waals surface area contributed by atoms with Crippen molar-refractivity contribution in [3.05, 3.63) is 52.9 Å². The molecule has 1 aromatic carbocycles. The second-order valence-electron chi connectivity index (χ2n) is 3.74. The van der Waals surface area contributed by atoms with Crippen molar-refractivity contribution < 1.29 is 0 Å². The lowest BCUT2D eigenvalue weighted by Gasteiger charge is -2.02. The Hall–Kier alpha value is -2.56. The summed E-state index contributed by atoms with van der Waals surface area (Å²) in [7, 11) is 0. The zero-order valence-electron chi connectivity index (χ0n) is 8.92. The van der Waals surface area contributed by atoms with Crippen LogP contribution in [0.4, 0.5) is 5.69 Å². The van der Waals surface area contributed by atoms with Crippen molar-refractivity contribution in [3.63, 3.8) is 0 Å². The van der Waals surface area contributed by atoms with Crippen LogP contribution in [0.1, 0.15) is 0 Å². The summed E-state index contributed by atoms with van der Waals surface area (Å²) in [4.78, 5) is 14.2. The van der Waals surface area contributed by atoms with Crippen LogP contribution in [0.2, 0.25) is 0 Å². The van der Waals surface area contributed by atoms with Gasteiger partial charge in [-0.05, 0) is 12.1 Å². The van der Waals surface area contributed by atoms with Gasteiger partial charge in [0, 0.05) is 11.8 Å². The van der Waals surface area contributed by atoms with E-state index in [2.05, 4.69) is 10.1 Å². The SMILES string of the molecule is Nc1cc(=O)[nH]c2c1cnn2-c1ccccc1. The molecular weight excluding hydrogens is 216 g/mol. The van der Waals surface area contributed by atoms with Crippen molar-refractivity contribution in [2.24, 2.45) is 0 Å². The fraction of sp³-hybridized carbons (Fsp3) is 0. The van der Waals surface area contributed by atoms with Gasteiger partial charge < -0.3 is 10.7 Å². The van der Waals surface area contributed by atoms with E-state index in [0.29, 0.717) is 11.3 Å². The molecule has 5 heteroatoms. The summed E-state index contributed by atoms with van der Waals surface area (Å²) in [5, 5.41) is 4.98. The van der Waals surface area contributed by atoms with Crippen molar-refractivity contribution in [2.75, 3.05) is 5.73 Å². The van der Waals surface area contributed by atoms with Crippen molar-refractivity contribution >= 4 is 16.7 Å². The van der Waals surface area contributed by atoms with Gasteiger partial charge in [-0.2, -0.15) is 5.10 Å². The number of nitrogens with one attached hydrogen (secondary N) is 1. The monoisotopic (exact) mass is 226 g/mol. The molecule has 3 N–H and O–H groups in total. The lowest BCUT2D eigenvalue weighted by molar-refractivity contribution is 0.894. The van der Waals surface area contributed by atoms with Crippen LogP contribution in [0.3, 0.4) is 0 Å². The Morgan fingerprint density at radius 1 is 1.24 bits per heavy atom. The molecule has 0 bridgehead atoms. The Kier molecular flexibility index (Phi) is 1.98. The van der Waals surface area contributed by atoms with E-state index in [1.807, 2.05) is 30.3 Å². The molecule has 0 aliphatic carbocycles. The summed E-state index contributed by atoms with van der Waals surface area (Å²) in [5.74, 6) is 0. The first kappa shape index (κ1) is 9.65. The number of rotatable bonds is 1. The van der Waals surface area contributed by atoms with E-state index < -0.39 is 0 Å². The number of fused-ring (bicyclic) bond motifs is 1. The van der Waals surface area contributed by atoms with Gasteiger partial charge in [-0.15, -0.1) is 0 Å². The van der Waals surface area contributed by atoms with Crippen LogP contribution < -0.4 is 11.3 Å². The quantitative estimate of drug-likeness (QED) is 0.656. The molecular formula is C12H10N4O. The number of aromatic nitrogens is 3. The van der Waals surface area contributed by atoms with Crippen LogP contribution in [0.15, 0.2) is 47.4 Å². The number of pyridine rings is 1. The molecule has 0 spiro atoms. The van der Waals surface area contributed by atoms with Gasteiger partial charge >= 0.3 is 0 Å². The predicted octanol–water partition coefficient (Wildman–Crippen LogP) is 1.30. The zero-order chi connectivity index (χ0) is 11.8. The van der Waals surface area contributed by atoms with E-state index in [0.717, 1.165) is 11.1 Å². The Morgan fingerprint density at radius 3 is 2.76 bits per heavy atom. The minimum atomic E-state index is -0.229. The molecule has 3 aromatic rings. The fourth-order valence-electron chi connectivity index (χ4n) is 1.82. The lowest BCUT2D eigenvalue weighted by atomic mass is 10.3. The molecule has 0 aliphatic rings. The second-order valence-corrected chi connectivity index (χ2v) is 3.74. The van der Waals surface area contributed by atoms with Crippen LogP contribution in [0.5, 0.6) is 0 Å². The minimum Gasteiger partial charge on any atom is -0.398 e. The summed E-state index contributed by atoms with van der Waals surface area (Å²) in [6, 6.07) is 10.9. The van der Waals surface area contributed by atoms with Gasteiger partial charge in [0.15, 0.2) is 0 Å². The first-order valence-corrected chi connectivity index (χ1v) is 5.17. The lowest BCUT2D eigenvalue weighted by Crippen LogP contribution is -2.08. The van der Waals surface area contributed by atoms with E-state index >= 15 is 0 Å². The van der Waals surface area contributed by atoms with Gasteiger partial charge in [-0.25, -0.2) is 4.68 Å². The third-order valence-electron chi connectivity index (χ3n) is 2.61. The van der Waals surface area contributed by atoms with Crippen molar-refractivity contribution in [1.82, 2.24) is 14.8 Å². The number of aromatic amines is 1. The van der Waals surface area contributed by atoms with Crippen LogP contribution in [-0.4, -0.2) is 14.8 Å². The van der Waals surface area contributed by atoms with Crippen molar-refractivity contribution in [1.29, 1.82) is 0 Å². The fourth-order valence-corrected chi connectivity index (χ4v) is 1.82. The topological polar surface area (TPSA) is 76.7 Å². The molecule has 0 saturated heterocycles. The normalized spacial score (nSPS) is 10.8. The van der Waals surface area contributed by atoms with E-state index in [-0.39, 0.29) is 5.56 Å². The standard InChI is InChI=1S/C12H10N4O/c13-10-6-11(17)15-12-9(10)7-14-16(12)8-4-2-1-3-5-8/h1-7H,(H3,13,15,17). The number of nitrogens with two attached hydrogens (primary N) is 1. The van der Waals surface area contributed by atoms with Gasteiger partial charge in [0.25, 0.3) is 5.56 Å². The largest absolute Gasteiger partial charge is 0.398 e. The highest BCUT2D eigenvalue weighted by Gasteiger charge is 2.08. The van der Waals surface area contributed by atoms with Gasteiger partial charge in [0.2, 0.25) is 0 Å². The van der Waals surface area contributed by atoms with Crippen LogP contribution >= 0.6 is 0 Å². The average molecular weight is 226 g/mol. The molecule has 0 unspecified atom stereocenters. The number of nitrogens with zero attached hydrogens (tertiary/aromatic N) is 2. The molecule has 2 heterocycles. The smallest absolute Gasteiger partial charge is 0.251 e. The molecule has 0 atom stereocenters. The molecule has 84 valence electrons. The molecule has 0 fully saturated rings. The van der Waals surface area contributed by atoms with E-state index in [1.54, 1.807) is 10.9 Å². The summed E-state index contributed by atoms with van der Waals surface area (Å²) in [5.41, 5.74) is 7.47. The number of para-hydroxylation sites is 1. The maximum atomic E-state index is 11.4. The van der Waals surface area contributed by atoms with E-state index in [4.69, 9.17) is 5.73 Å². The molecule has 2 aromatic heterocycles. The first-order chi connectivity index (χ1) is 8.25. The van der Waals surface area contributed by atoms with Crippen LogP contribution in [-0.2, 0) is 0 Å². The summed E-state index contributed by atoms with van der Waals surface area (Å²) in [6.07, 6.45) is 1.65. The summed E-state index contributed by atoms with van der Waals surface area (Å²) < 4.78 is 1.66. The number of nitrogen functional groups attached to an aromatic ring is 1. The third-order valence-corrected chi connectivity index (χ3v) is 2.61. The number of hydrogen-bond donors (Lipinski definition) is 2. The Bertz CT molecular complexity index is 727. The van der Waals surface area contributed by atoms with Gasteiger partial charge in [-0.3, -0.25) is 4.79 Å². The molecule has 0 radical (unpaired) electrons. The minimum absolute atomic E-state index is 0.229. The van der Waals surface area contributed by atoms with Gasteiger partial charge in [0.1, 0.15) is 5.65 Å². The summed E-state index contributed by atoms with van der Waals surface area (Å²) in [6.45, 7) is 0. The van der Waals surface area contributed by atoms with Gasteiger partial charge in [0.05, 0.1) is 17.3 Å². The average Bonchev–Trinajstić information content (AvgIpc) is 2.74. The van der Waals surface area contributed by atoms with Crippen LogP contribution in [0, 0.1) is 0 Å². The molecule has 17 heavy (non-hydrogen) atoms. The predicted molar refractivity (Wildman–Crippen MR) is 66.1 cm³/mol. The molecule has 0 saturated carbocycles. The number of benzene rings is 1. The molecule has 0 amide bonds. The molecule has 5 nitrogen and oxygen atoms in total. The van der Waals surface area contributed by atoms with E-state index in [9.17, 15) is 4.79 Å². The third kappa shape index (κ3) is 1.48. The number of anilines is 1. The maximum Gasteiger partial charge on any atom is 0.251 e.